The molecular formula is C8H18N2O. The minimum Gasteiger partial charge on any atom is -0.354 e. The molecular weight excluding hydrogens is 140 g/mol. The Morgan fingerprint density at radius 1 is 1.64 bits per heavy atom. The SMILES string of the molecule is CC[C@@H](CCCN)NC(C)=O. The summed E-state index contributed by atoms with van der Waals surface area (Å²) in [4.78, 5) is 10.6. The van der Waals surface area contributed by atoms with Crippen LogP contribution >= 0.6 is 0 Å². The fraction of sp³-hybridized carbons (Fsp3) is 0.875. The topological polar surface area (TPSA) is 55.1 Å². The number of rotatable bonds is 5. The molecule has 0 heterocycles. The van der Waals surface area contributed by atoms with Crippen LogP contribution in [0.2, 0.25) is 0 Å². The van der Waals surface area contributed by atoms with Crippen molar-refractivity contribution in [3.63, 3.8) is 0 Å². The number of nitrogens with one attached hydrogen (secondary N) is 1. The van der Waals surface area contributed by atoms with E-state index in [-0.39, 0.29) is 5.91 Å². The number of hydrogen-bond donors (Lipinski definition) is 2. The Hall–Kier alpha value is -0.570. The summed E-state index contributed by atoms with van der Waals surface area (Å²) in [5.41, 5.74) is 5.35. The summed E-state index contributed by atoms with van der Waals surface area (Å²) >= 11 is 0. The van der Waals surface area contributed by atoms with Crippen LogP contribution in [0, 0.1) is 0 Å². The van der Waals surface area contributed by atoms with Gasteiger partial charge in [0.1, 0.15) is 0 Å². The average molecular weight is 158 g/mol. The van der Waals surface area contributed by atoms with Crippen LogP contribution in [0.1, 0.15) is 33.1 Å². The highest BCUT2D eigenvalue weighted by Gasteiger charge is 2.05. The van der Waals surface area contributed by atoms with Gasteiger partial charge in [-0.25, -0.2) is 0 Å². The summed E-state index contributed by atoms with van der Waals surface area (Å²) in [6.45, 7) is 4.32. The van der Waals surface area contributed by atoms with Crippen LogP contribution in [0.5, 0.6) is 0 Å². The Morgan fingerprint density at radius 2 is 2.27 bits per heavy atom. The molecule has 0 aliphatic carbocycles. The van der Waals surface area contributed by atoms with E-state index in [9.17, 15) is 4.79 Å². The molecule has 0 fully saturated rings. The molecule has 1 amide bonds. The third-order valence-corrected chi connectivity index (χ3v) is 1.66. The van der Waals surface area contributed by atoms with Gasteiger partial charge in [-0.05, 0) is 25.8 Å². The van der Waals surface area contributed by atoms with Crippen LogP contribution in [0.4, 0.5) is 0 Å². The molecule has 0 aliphatic heterocycles. The fourth-order valence-electron chi connectivity index (χ4n) is 1.03. The molecule has 3 N–H and O–H groups in total. The largest absolute Gasteiger partial charge is 0.354 e. The molecule has 0 aliphatic rings. The number of carbonyl (C=O) groups is 1. The van der Waals surface area contributed by atoms with Gasteiger partial charge >= 0.3 is 0 Å². The maximum Gasteiger partial charge on any atom is 0.217 e. The molecule has 3 heteroatoms. The Bertz CT molecular complexity index is 115. The van der Waals surface area contributed by atoms with Crippen molar-refractivity contribution in [3.05, 3.63) is 0 Å². The zero-order valence-electron chi connectivity index (χ0n) is 7.39. The first-order valence-electron chi connectivity index (χ1n) is 4.17. The summed E-state index contributed by atoms with van der Waals surface area (Å²) in [5.74, 6) is 0.0499. The van der Waals surface area contributed by atoms with Gasteiger partial charge in [-0.3, -0.25) is 4.79 Å². The van der Waals surface area contributed by atoms with Crippen molar-refractivity contribution >= 4 is 5.91 Å². The monoisotopic (exact) mass is 158 g/mol. The second kappa shape index (κ2) is 6.16. The van der Waals surface area contributed by atoms with E-state index in [0.29, 0.717) is 12.6 Å². The number of carbonyl (C=O) groups excluding carboxylic acids is 1. The number of hydrogen-bond acceptors (Lipinski definition) is 2. The van der Waals surface area contributed by atoms with Crippen LogP contribution < -0.4 is 11.1 Å². The lowest BCUT2D eigenvalue weighted by molar-refractivity contribution is -0.119. The average Bonchev–Trinajstić information content (AvgIpc) is 1.97. The lowest BCUT2D eigenvalue weighted by atomic mass is 10.1. The minimum atomic E-state index is 0.0499. The van der Waals surface area contributed by atoms with Gasteiger partial charge in [0.05, 0.1) is 0 Å². The van der Waals surface area contributed by atoms with Crippen molar-refractivity contribution in [2.24, 2.45) is 5.73 Å². The summed E-state index contributed by atoms with van der Waals surface area (Å²) in [6, 6.07) is 0.316. The molecule has 3 nitrogen and oxygen atoms in total. The van der Waals surface area contributed by atoms with Gasteiger partial charge in [0.2, 0.25) is 5.91 Å². The highest BCUT2D eigenvalue weighted by Crippen LogP contribution is 1.99. The van der Waals surface area contributed by atoms with Crippen LogP contribution in [0.25, 0.3) is 0 Å². The third kappa shape index (κ3) is 5.85. The van der Waals surface area contributed by atoms with E-state index in [1.165, 1.54) is 0 Å². The molecule has 0 aromatic rings. The van der Waals surface area contributed by atoms with Crippen LogP contribution in [0.3, 0.4) is 0 Å². The van der Waals surface area contributed by atoms with Crippen molar-refractivity contribution in [2.45, 2.75) is 39.2 Å². The van der Waals surface area contributed by atoms with Crippen LogP contribution in [-0.2, 0) is 4.79 Å². The predicted octanol–water partition coefficient (Wildman–Crippen LogP) is 0.640. The molecule has 0 spiro atoms. The van der Waals surface area contributed by atoms with E-state index in [2.05, 4.69) is 12.2 Å². The minimum absolute atomic E-state index is 0.0499. The Labute approximate surface area is 68.3 Å². The van der Waals surface area contributed by atoms with Crippen molar-refractivity contribution in [3.8, 4) is 0 Å². The van der Waals surface area contributed by atoms with Crippen molar-refractivity contribution < 1.29 is 4.79 Å². The molecule has 0 unspecified atom stereocenters. The van der Waals surface area contributed by atoms with E-state index in [1.54, 1.807) is 6.92 Å². The molecule has 0 saturated heterocycles. The molecule has 0 radical (unpaired) electrons. The maximum absolute atomic E-state index is 10.6. The second-order valence-electron chi connectivity index (χ2n) is 2.74. The predicted molar refractivity (Wildman–Crippen MR) is 46.2 cm³/mol. The molecule has 0 aromatic heterocycles. The first-order chi connectivity index (χ1) is 5.20. The van der Waals surface area contributed by atoms with Gasteiger partial charge in [0.15, 0.2) is 0 Å². The Balaban J connectivity index is 3.49. The first-order valence-corrected chi connectivity index (χ1v) is 4.17. The van der Waals surface area contributed by atoms with Crippen molar-refractivity contribution in [1.82, 2.24) is 5.32 Å². The summed E-state index contributed by atoms with van der Waals surface area (Å²) in [6.07, 6.45) is 2.96. The molecule has 66 valence electrons. The summed E-state index contributed by atoms with van der Waals surface area (Å²) in [7, 11) is 0. The molecule has 0 aromatic carbocycles. The van der Waals surface area contributed by atoms with Gasteiger partial charge in [0, 0.05) is 13.0 Å². The van der Waals surface area contributed by atoms with E-state index in [4.69, 9.17) is 5.73 Å². The number of amides is 1. The van der Waals surface area contributed by atoms with Crippen LogP contribution in [0.15, 0.2) is 0 Å². The first kappa shape index (κ1) is 10.4. The smallest absolute Gasteiger partial charge is 0.217 e. The van der Waals surface area contributed by atoms with Gasteiger partial charge in [-0.1, -0.05) is 6.92 Å². The van der Waals surface area contributed by atoms with E-state index < -0.39 is 0 Å². The zero-order chi connectivity index (χ0) is 8.69. The number of nitrogens with two attached hydrogens (primary N) is 1. The van der Waals surface area contributed by atoms with E-state index in [1.807, 2.05) is 0 Å². The molecule has 0 saturated carbocycles. The zero-order valence-corrected chi connectivity index (χ0v) is 7.39. The summed E-state index contributed by atoms with van der Waals surface area (Å²) in [5, 5.41) is 2.87. The molecule has 11 heavy (non-hydrogen) atoms. The molecule has 1 atom stereocenters. The normalized spacial score (nSPS) is 12.6. The molecule has 0 rings (SSSR count). The lowest BCUT2D eigenvalue weighted by Gasteiger charge is -2.14. The third-order valence-electron chi connectivity index (χ3n) is 1.66. The summed E-state index contributed by atoms with van der Waals surface area (Å²) < 4.78 is 0. The fourth-order valence-corrected chi connectivity index (χ4v) is 1.03. The van der Waals surface area contributed by atoms with E-state index in [0.717, 1.165) is 19.3 Å². The van der Waals surface area contributed by atoms with Crippen molar-refractivity contribution in [1.29, 1.82) is 0 Å². The van der Waals surface area contributed by atoms with Gasteiger partial charge in [0.25, 0.3) is 0 Å². The lowest BCUT2D eigenvalue weighted by Crippen LogP contribution is -2.32. The van der Waals surface area contributed by atoms with Crippen LogP contribution in [-0.4, -0.2) is 18.5 Å². The Morgan fingerprint density at radius 3 is 2.64 bits per heavy atom. The van der Waals surface area contributed by atoms with Crippen molar-refractivity contribution in [2.75, 3.05) is 6.54 Å². The van der Waals surface area contributed by atoms with Gasteiger partial charge < -0.3 is 11.1 Å². The standard InChI is InChI=1S/C8H18N2O/c1-3-8(5-4-6-9)10-7(2)11/h8H,3-6,9H2,1-2H3,(H,10,11)/t8-/m0/s1. The van der Waals surface area contributed by atoms with Gasteiger partial charge in [-0.2, -0.15) is 0 Å². The Kier molecular flexibility index (Phi) is 5.84. The quantitative estimate of drug-likeness (QED) is 0.617. The maximum atomic E-state index is 10.6. The second-order valence-corrected chi connectivity index (χ2v) is 2.74. The highest BCUT2D eigenvalue weighted by molar-refractivity contribution is 5.73. The van der Waals surface area contributed by atoms with E-state index >= 15 is 0 Å². The molecule has 0 bridgehead atoms. The van der Waals surface area contributed by atoms with Gasteiger partial charge in [-0.15, -0.1) is 0 Å². The highest BCUT2D eigenvalue weighted by atomic mass is 16.1.